The van der Waals surface area contributed by atoms with Gasteiger partial charge in [-0.25, -0.2) is 4.79 Å². The fraction of sp³-hybridized carbons (Fsp3) is 0.500. The van der Waals surface area contributed by atoms with E-state index in [1.165, 1.54) is 0 Å². The minimum absolute atomic E-state index is 0.744. The van der Waals surface area contributed by atoms with Crippen LogP contribution in [0.1, 0.15) is 13.3 Å². The van der Waals surface area contributed by atoms with Gasteiger partial charge in [0, 0.05) is 0 Å². The number of carboxylic acids is 2. The normalized spacial score (nSPS) is 11.9. The second-order valence-electron chi connectivity index (χ2n) is 2.67. The summed E-state index contributed by atoms with van der Waals surface area (Å²) in [6.07, 6.45) is -0.744. The average molecular weight is 256 g/mol. The molecule has 0 saturated heterocycles. The quantitative estimate of drug-likeness (QED) is 0.410. The Kier molecular flexibility index (Phi) is 3.98. The van der Waals surface area contributed by atoms with E-state index in [-0.39, 0.29) is 0 Å². The highest BCUT2D eigenvalue weighted by molar-refractivity contribution is 7.81. The molecule has 3 N–H and O–H groups in total. The minimum Gasteiger partial charge on any atom is -0.480 e. The van der Waals surface area contributed by atoms with Crippen molar-refractivity contribution in [2.45, 2.75) is 13.3 Å². The van der Waals surface area contributed by atoms with E-state index in [0.29, 0.717) is 0 Å². The molecule has 0 spiro atoms. The second-order valence-corrected chi connectivity index (χ2v) is 3.69. The van der Waals surface area contributed by atoms with Crippen molar-refractivity contribution in [3.05, 3.63) is 0 Å². The van der Waals surface area contributed by atoms with Crippen LogP contribution in [0, 0.1) is 5.41 Å². The highest BCUT2D eigenvalue weighted by Crippen LogP contribution is 2.25. The van der Waals surface area contributed by atoms with Crippen molar-refractivity contribution < 1.29 is 41.8 Å². The molecule has 0 heterocycles. The van der Waals surface area contributed by atoms with Gasteiger partial charge in [-0.3, -0.25) is 14.1 Å². The van der Waals surface area contributed by atoms with Crippen molar-refractivity contribution in [3.63, 3.8) is 0 Å². The molecule has 0 fully saturated rings. The van der Waals surface area contributed by atoms with E-state index in [2.05, 4.69) is 4.18 Å². The van der Waals surface area contributed by atoms with Gasteiger partial charge in [0.1, 0.15) is 0 Å². The lowest BCUT2D eigenvalue weighted by Crippen LogP contribution is -2.47. The Bertz CT molecular complexity index is 405. The topological polar surface area (TPSA) is 155 Å². The zero-order valence-electron chi connectivity index (χ0n) is 7.91. The second kappa shape index (κ2) is 4.45. The smallest absolute Gasteiger partial charge is 0.449 e. The summed E-state index contributed by atoms with van der Waals surface area (Å²) in [4.78, 5) is 32.4. The van der Waals surface area contributed by atoms with E-state index in [9.17, 15) is 22.8 Å². The Hall–Kier alpha value is -1.68. The molecule has 0 aliphatic carbocycles. The van der Waals surface area contributed by atoms with Crippen LogP contribution in [0.2, 0.25) is 0 Å². The van der Waals surface area contributed by atoms with Gasteiger partial charge in [0.15, 0.2) is 0 Å². The molecule has 0 radical (unpaired) electrons. The molecular formula is C6H8O9S. The molecular weight excluding hydrogens is 248 g/mol. The van der Waals surface area contributed by atoms with Crippen LogP contribution in [-0.2, 0) is 29.0 Å². The monoisotopic (exact) mass is 256 g/mol. The van der Waals surface area contributed by atoms with Gasteiger partial charge in [0.05, 0.1) is 0 Å². The van der Waals surface area contributed by atoms with Gasteiger partial charge >= 0.3 is 28.3 Å². The highest BCUT2D eigenvalue weighted by Gasteiger charge is 2.55. The van der Waals surface area contributed by atoms with Crippen molar-refractivity contribution in [2.24, 2.45) is 5.41 Å². The number of aliphatic carboxylic acids is 2. The van der Waals surface area contributed by atoms with Crippen LogP contribution in [0.3, 0.4) is 0 Å². The molecule has 0 atom stereocenters. The Balaban J connectivity index is 5.46. The van der Waals surface area contributed by atoms with E-state index >= 15 is 0 Å². The molecule has 92 valence electrons. The van der Waals surface area contributed by atoms with E-state index in [1.54, 1.807) is 0 Å². The Morgan fingerprint density at radius 1 is 1.19 bits per heavy atom. The lowest BCUT2D eigenvalue weighted by atomic mass is 9.85. The van der Waals surface area contributed by atoms with Gasteiger partial charge in [0.25, 0.3) is 5.41 Å². The van der Waals surface area contributed by atoms with Crippen molar-refractivity contribution >= 4 is 28.3 Å². The van der Waals surface area contributed by atoms with Crippen LogP contribution in [0.5, 0.6) is 0 Å². The number of hydrogen-bond donors (Lipinski definition) is 3. The Morgan fingerprint density at radius 3 is 1.75 bits per heavy atom. The zero-order valence-corrected chi connectivity index (χ0v) is 8.72. The third-order valence-corrected chi connectivity index (χ3v) is 2.15. The molecule has 9 nitrogen and oxygen atoms in total. The van der Waals surface area contributed by atoms with Crippen LogP contribution in [0.15, 0.2) is 0 Å². The minimum atomic E-state index is -5.26. The summed E-state index contributed by atoms with van der Waals surface area (Å²) in [6.45, 7) is 1.04. The first-order chi connectivity index (χ1) is 7.08. The Labute approximate surface area is 89.6 Å². The van der Waals surface area contributed by atoms with E-state index in [1.807, 2.05) is 0 Å². The molecule has 0 unspecified atom stereocenters. The largest absolute Gasteiger partial charge is 0.480 e. The first-order valence-electron chi connectivity index (χ1n) is 3.76. The van der Waals surface area contributed by atoms with Gasteiger partial charge in [-0.15, -0.1) is 0 Å². The molecule has 0 bridgehead atoms. The van der Waals surface area contributed by atoms with Gasteiger partial charge in [-0.1, -0.05) is 6.92 Å². The maximum absolute atomic E-state index is 11.1. The standard InChI is InChI=1S/C6H8O9S/c1-2-6(3(7)8,4(9)10)5(11)15-16(12,13)14/h2H2,1H3,(H,7,8)(H,9,10)(H,12,13,14). The molecule has 10 heteroatoms. The third-order valence-electron chi connectivity index (χ3n) is 1.79. The van der Waals surface area contributed by atoms with Crippen LogP contribution in [0.25, 0.3) is 0 Å². The Morgan fingerprint density at radius 2 is 1.56 bits per heavy atom. The first kappa shape index (κ1) is 14.3. The van der Waals surface area contributed by atoms with Crippen LogP contribution in [-0.4, -0.2) is 41.1 Å². The number of hydrogen-bond acceptors (Lipinski definition) is 6. The predicted molar refractivity (Wildman–Crippen MR) is 45.6 cm³/mol. The lowest BCUT2D eigenvalue weighted by Gasteiger charge is -2.19. The maximum atomic E-state index is 11.1. The predicted octanol–water partition coefficient (Wildman–Crippen LogP) is -1.10. The summed E-state index contributed by atoms with van der Waals surface area (Å²) < 4.78 is 31.8. The zero-order chi connectivity index (χ0) is 13.1. The summed E-state index contributed by atoms with van der Waals surface area (Å²) in [7, 11) is -5.26. The average Bonchev–Trinajstić information content (AvgIpc) is 2.00. The van der Waals surface area contributed by atoms with E-state index in [0.717, 1.165) is 6.92 Å². The molecule has 0 saturated carbocycles. The van der Waals surface area contributed by atoms with Crippen molar-refractivity contribution in [3.8, 4) is 0 Å². The van der Waals surface area contributed by atoms with Gasteiger partial charge in [-0.05, 0) is 6.42 Å². The summed E-state index contributed by atoms with van der Waals surface area (Å²) in [5.41, 5.74) is -3.06. The van der Waals surface area contributed by atoms with Gasteiger partial charge in [-0.2, -0.15) is 8.42 Å². The van der Waals surface area contributed by atoms with Crippen molar-refractivity contribution in [1.29, 1.82) is 0 Å². The fourth-order valence-corrected chi connectivity index (χ4v) is 1.21. The van der Waals surface area contributed by atoms with Crippen molar-refractivity contribution in [1.82, 2.24) is 0 Å². The molecule has 0 amide bonds. The van der Waals surface area contributed by atoms with E-state index < -0.39 is 40.1 Å². The molecule has 0 aromatic rings. The summed E-state index contributed by atoms with van der Waals surface area (Å²) >= 11 is 0. The summed E-state index contributed by atoms with van der Waals surface area (Å²) in [5, 5.41) is 17.2. The van der Waals surface area contributed by atoms with E-state index in [4.69, 9.17) is 14.8 Å². The van der Waals surface area contributed by atoms with Crippen LogP contribution < -0.4 is 0 Å². The summed E-state index contributed by atoms with van der Waals surface area (Å²) in [5.74, 6) is -6.26. The molecule has 16 heavy (non-hydrogen) atoms. The molecule has 0 aromatic carbocycles. The van der Waals surface area contributed by atoms with Gasteiger partial charge < -0.3 is 14.4 Å². The highest BCUT2D eigenvalue weighted by atomic mass is 32.3. The number of carboxylic acid groups (broad SMARTS) is 2. The molecule has 0 aromatic heterocycles. The van der Waals surface area contributed by atoms with Gasteiger partial charge in [0.2, 0.25) is 0 Å². The number of rotatable bonds is 5. The molecule has 0 aliphatic rings. The number of carbonyl (C=O) groups excluding carboxylic acids is 1. The number of carbonyl (C=O) groups is 3. The molecule has 0 aliphatic heterocycles. The molecule has 0 rings (SSSR count). The maximum Gasteiger partial charge on any atom is 0.449 e. The van der Waals surface area contributed by atoms with Crippen molar-refractivity contribution in [2.75, 3.05) is 0 Å². The lowest BCUT2D eigenvalue weighted by molar-refractivity contribution is -0.174. The van der Waals surface area contributed by atoms with Crippen LogP contribution >= 0.6 is 0 Å². The third kappa shape index (κ3) is 2.67. The SMILES string of the molecule is CCC(C(=O)O)(C(=O)O)C(=O)OS(=O)(=O)O. The fourth-order valence-electron chi connectivity index (χ4n) is 0.880. The summed E-state index contributed by atoms with van der Waals surface area (Å²) in [6, 6.07) is 0. The first-order valence-corrected chi connectivity index (χ1v) is 5.12. The van der Waals surface area contributed by atoms with Crippen LogP contribution in [0.4, 0.5) is 0 Å².